The Bertz CT molecular complexity index is 283. The van der Waals surface area contributed by atoms with Gasteiger partial charge in [0.05, 0.1) is 0 Å². The summed E-state index contributed by atoms with van der Waals surface area (Å²) in [5, 5.41) is 0. The summed E-state index contributed by atoms with van der Waals surface area (Å²) in [5.74, 6) is 0. The summed E-state index contributed by atoms with van der Waals surface area (Å²) >= 11 is 0. The molecule has 0 amide bonds. The van der Waals surface area contributed by atoms with Crippen molar-refractivity contribution in [3.63, 3.8) is 0 Å². The number of rotatable bonds is 4. The van der Waals surface area contributed by atoms with Gasteiger partial charge < -0.3 is 11.5 Å². The minimum absolute atomic E-state index is 0.597. The smallest absolute Gasteiger partial charge is 0.329 e. The van der Waals surface area contributed by atoms with Gasteiger partial charge in [0.1, 0.15) is 0 Å². The second kappa shape index (κ2) is 7.02. The maximum atomic E-state index is 9.51. The first kappa shape index (κ1) is 16.1. The lowest BCUT2D eigenvalue weighted by Crippen LogP contribution is -2.11. The van der Waals surface area contributed by atoms with Crippen LogP contribution in [0.1, 0.15) is 0 Å². The summed E-state index contributed by atoms with van der Waals surface area (Å²) in [6, 6.07) is 0. The maximum Gasteiger partial charge on any atom is 0.425 e. The molecule has 0 radical (unpaired) electrons. The average molecular weight is 254 g/mol. The van der Waals surface area contributed by atoms with E-state index in [0.717, 1.165) is 0 Å². The number of hydrogen-bond donors (Lipinski definition) is 4. The van der Waals surface area contributed by atoms with E-state index in [-0.39, 0.29) is 0 Å². The third-order valence-corrected chi connectivity index (χ3v) is 0.933. The molecule has 6 N–H and O–H groups in total. The van der Waals surface area contributed by atoms with Crippen LogP contribution in [0.5, 0.6) is 0 Å². The Morgan fingerprint density at radius 3 is 1.14 bits per heavy atom. The van der Waals surface area contributed by atoms with Gasteiger partial charge in [0.15, 0.2) is 0 Å². The van der Waals surface area contributed by atoms with E-state index >= 15 is 0 Å². The molecular weight excluding hydrogens is 244 g/mol. The van der Waals surface area contributed by atoms with Gasteiger partial charge in [-0.2, -0.15) is 16.8 Å². The summed E-state index contributed by atoms with van der Waals surface area (Å²) < 4.78 is 58.9. The van der Waals surface area contributed by atoms with E-state index in [4.69, 9.17) is 20.6 Å². The maximum absolute atomic E-state index is 9.51. The molecule has 0 saturated heterocycles. The largest absolute Gasteiger partial charge is 0.425 e. The lowest BCUT2D eigenvalue weighted by atomic mass is 10.7. The molecule has 14 heavy (non-hydrogen) atoms. The highest BCUT2D eigenvalue weighted by Gasteiger charge is 2.13. The van der Waals surface area contributed by atoms with Crippen molar-refractivity contribution in [2.75, 3.05) is 13.1 Å². The molecule has 0 heterocycles. The van der Waals surface area contributed by atoms with E-state index in [1.54, 1.807) is 0 Å². The van der Waals surface area contributed by atoms with Crippen molar-refractivity contribution < 1.29 is 34.6 Å². The minimum atomic E-state index is -5.02. The van der Waals surface area contributed by atoms with Crippen LogP contribution >= 0.6 is 0 Å². The zero-order valence-corrected chi connectivity index (χ0v) is 8.36. The molecule has 0 fully saturated rings. The molecule has 0 aromatic rings. The third-order valence-electron chi connectivity index (χ3n) is 0.366. The van der Waals surface area contributed by atoms with Crippen LogP contribution in [0.2, 0.25) is 0 Å². The second-order valence-corrected chi connectivity index (χ2v) is 3.55. The Kier molecular flexibility index (Phi) is 8.07. The predicted octanol–water partition coefficient (Wildman–Crippen LogP) is -2.56. The fraction of sp³-hybridized carbons (Fsp3) is 1.00. The zero-order chi connectivity index (χ0) is 11.8. The summed E-state index contributed by atoms with van der Waals surface area (Å²) in [5.41, 5.74) is 9.81. The van der Waals surface area contributed by atoms with Gasteiger partial charge in [-0.1, -0.05) is 8.67 Å². The van der Waals surface area contributed by atoms with Crippen molar-refractivity contribution in [3.8, 4) is 0 Å². The topological polar surface area (TPSA) is 179 Å². The summed E-state index contributed by atoms with van der Waals surface area (Å²) in [6.07, 6.45) is 0. The van der Waals surface area contributed by atoms with Gasteiger partial charge in [0, 0.05) is 13.1 Å². The van der Waals surface area contributed by atoms with Gasteiger partial charge >= 0.3 is 20.8 Å². The molecule has 0 aliphatic rings. The summed E-state index contributed by atoms with van der Waals surface area (Å²) in [6.45, 7) is 1.19. The molecule has 0 atom stereocenters. The Labute approximate surface area is 80.6 Å². The second-order valence-electron chi connectivity index (χ2n) is 1.57. The van der Waals surface area contributed by atoms with E-state index in [1.807, 2.05) is 0 Å². The average Bonchev–Trinajstić information content (AvgIpc) is 1.99. The van der Waals surface area contributed by atoms with Gasteiger partial charge in [0.25, 0.3) is 0 Å². The summed E-state index contributed by atoms with van der Waals surface area (Å²) in [4.78, 5) is 0. The summed E-state index contributed by atoms with van der Waals surface area (Å²) in [7, 11) is -10.0. The first-order chi connectivity index (χ1) is 6.12. The highest BCUT2D eigenvalue weighted by molar-refractivity contribution is 7.83. The van der Waals surface area contributed by atoms with Gasteiger partial charge in [-0.3, -0.25) is 9.11 Å². The molecule has 0 rings (SSSR count). The van der Waals surface area contributed by atoms with Crippen LogP contribution in [0, 0.1) is 0 Å². The molecule has 88 valence electrons. The van der Waals surface area contributed by atoms with Crippen molar-refractivity contribution in [1.29, 1.82) is 0 Å². The van der Waals surface area contributed by atoms with Crippen molar-refractivity contribution >= 4 is 20.8 Å². The molecule has 0 aromatic carbocycles. The monoisotopic (exact) mass is 254 g/mol. The minimum Gasteiger partial charge on any atom is -0.329 e. The van der Waals surface area contributed by atoms with E-state index in [2.05, 4.69) is 8.67 Å². The third kappa shape index (κ3) is 22.6. The van der Waals surface area contributed by atoms with Crippen LogP contribution in [-0.2, 0) is 29.5 Å². The standard InChI is InChI=1S/C2H8N2.H2O8S2/c3-1-2-4;1-9(2,3)7-8-10(4,5)6/h1-4H2;(H,1,2,3)(H,4,5,6). The number of nitrogens with two attached hydrogens (primary N) is 2. The molecule has 0 saturated carbocycles. The van der Waals surface area contributed by atoms with Crippen LogP contribution in [-0.4, -0.2) is 39.0 Å². The van der Waals surface area contributed by atoms with Crippen LogP contribution in [0.4, 0.5) is 0 Å². The lowest BCUT2D eigenvalue weighted by Gasteiger charge is -1.92. The van der Waals surface area contributed by atoms with Crippen LogP contribution in [0.3, 0.4) is 0 Å². The molecule has 0 aliphatic heterocycles. The van der Waals surface area contributed by atoms with Crippen LogP contribution < -0.4 is 11.5 Å². The Morgan fingerprint density at radius 1 is 0.857 bits per heavy atom. The quantitative estimate of drug-likeness (QED) is 0.237. The number of hydrogen-bond acceptors (Lipinski definition) is 8. The molecular formula is C2H10N2O8S2. The van der Waals surface area contributed by atoms with Crippen molar-refractivity contribution in [2.24, 2.45) is 11.5 Å². The fourth-order valence-electron chi connectivity index (χ4n) is 0.0702. The van der Waals surface area contributed by atoms with Gasteiger partial charge in [-0.05, 0) is 0 Å². The van der Waals surface area contributed by atoms with E-state index in [1.165, 1.54) is 0 Å². The molecule has 0 unspecified atom stereocenters. The first-order valence-corrected chi connectivity index (χ1v) is 5.58. The fourth-order valence-corrected chi connectivity index (χ4v) is 0.632. The SMILES string of the molecule is NCCN.O=S(=O)(O)OOS(=O)(=O)O. The molecule has 0 bridgehead atoms. The van der Waals surface area contributed by atoms with Gasteiger partial charge in [-0.25, -0.2) is 0 Å². The van der Waals surface area contributed by atoms with Crippen LogP contribution in [0.25, 0.3) is 0 Å². The van der Waals surface area contributed by atoms with Crippen molar-refractivity contribution in [3.05, 3.63) is 0 Å². The Morgan fingerprint density at radius 2 is 1.07 bits per heavy atom. The predicted molar refractivity (Wildman–Crippen MR) is 43.4 cm³/mol. The molecule has 10 nitrogen and oxygen atoms in total. The highest BCUT2D eigenvalue weighted by Crippen LogP contribution is 1.92. The first-order valence-electron chi connectivity index (χ1n) is 2.85. The van der Waals surface area contributed by atoms with Crippen LogP contribution in [0.15, 0.2) is 0 Å². The molecule has 12 heteroatoms. The van der Waals surface area contributed by atoms with Crippen molar-refractivity contribution in [2.45, 2.75) is 0 Å². The van der Waals surface area contributed by atoms with E-state index < -0.39 is 20.8 Å². The van der Waals surface area contributed by atoms with Crippen molar-refractivity contribution in [1.82, 2.24) is 0 Å². The van der Waals surface area contributed by atoms with Gasteiger partial charge in [0.2, 0.25) is 0 Å². The zero-order valence-electron chi connectivity index (χ0n) is 6.73. The van der Waals surface area contributed by atoms with Gasteiger partial charge in [-0.15, -0.1) is 0 Å². The Hall–Kier alpha value is -0.340. The Balaban J connectivity index is 0. The molecule has 0 aliphatic carbocycles. The normalized spacial score (nSPS) is 11.7. The molecule has 0 spiro atoms. The lowest BCUT2D eigenvalue weighted by molar-refractivity contribution is -0.105. The van der Waals surface area contributed by atoms with E-state index in [9.17, 15) is 16.8 Å². The van der Waals surface area contributed by atoms with E-state index in [0.29, 0.717) is 13.1 Å². The highest BCUT2D eigenvalue weighted by atomic mass is 32.3. The molecule has 0 aromatic heterocycles.